The summed E-state index contributed by atoms with van der Waals surface area (Å²) in [4.78, 5) is 22.1. The summed E-state index contributed by atoms with van der Waals surface area (Å²) in [5.41, 5.74) is -0.713. The van der Waals surface area contributed by atoms with Crippen LogP contribution in [0.1, 0.15) is 22.0 Å². The van der Waals surface area contributed by atoms with Crippen LogP contribution in [0.15, 0.2) is 24.3 Å². The zero-order valence-electron chi connectivity index (χ0n) is 9.09. The van der Waals surface area contributed by atoms with E-state index in [-0.39, 0.29) is 11.1 Å². The largest absolute Gasteiger partial charge is 0.471 e. The summed E-state index contributed by atoms with van der Waals surface area (Å²) in [6, 6.07) is 2.45. The van der Waals surface area contributed by atoms with Gasteiger partial charge in [-0.3, -0.25) is 9.59 Å². The normalized spacial score (nSPS) is 21.1. The smallest absolute Gasteiger partial charge is 0.335 e. The monoisotopic (exact) mass is 279 g/mol. The van der Waals surface area contributed by atoms with E-state index in [9.17, 15) is 31.5 Å². The fourth-order valence-corrected chi connectivity index (χ4v) is 1.84. The highest BCUT2D eigenvalue weighted by molar-refractivity contribution is 6.07. The SMILES string of the molecule is O=C(N[C@@H]1c2ccccc2C(=O)C1(F)F)C(F)(F)F. The molecule has 1 N–H and O–H groups in total. The number of alkyl halides is 5. The summed E-state index contributed by atoms with van der Waals surface area (Å²) in [6.45, 7) is 0. The van der Waals surface area contributed by atoms with Gasteiger partial charge in [0.25, 0.3) is 0 Å². The maximum atomic E-state index is 13.6. The third kappa shape index (κ3) is 2.06. The molecule has 0 unspecified atom stereocenters. The van der Waals surface area contributed by atoms with Gasteiger partial charge in [0.15, 0.2) is 0 Å². The Hall–Kier alpha value is -1.99. The van der Waals surface area contributed by atoms with Crippen molar-refractivity contribution in [1.29, 1.82) is 0 Å². The molecule has 0 fully saturated rings. The Labute approximate surface area is 103 Å². The fraction of sp³-hybridized carbons (Fsp3) is 0.273. The van der Waals surface area contributed by atoms with E-state index < -0.39 is 29.8 Å². The molecule has 0 saturated carbocycles. The predicted octanol–water partition coefficient (Wildman–Crippen LogP) is 2.24. The number of carbonyl (C=O) groups is 2. The number of carbonyl (C=O) groups excluding carboxylic acids is 2. The summed E-state index contributed by atoms with van der Waals surface area (Å²) < 4.78 is 63.5. The standard InChI is InChI=1S/C11H6F5NO2/c12-10(13)7(17-9(19)11(14,15)16)5-3-1-2-4-6(5)8(10)18/h1-4,7H,(H,17,19)/t7-/m1/s1. The molecule has 0 saturated heterocycles. The molecule has 19 heavy (non-hydrogen) atoms. The van der Waals surface area contributed by atoms with Crippen molar-refractivity contribution in [2.75, 3.05) is 0 Å². The minimum Gasteiger partial charge on any atom is -0.335 e. The number of amides is 1. The zero-order valence-corrected chi connectivity index (χ0v) is 9.09. The average molecular weight is 279 g/mol. The Balaban J connectivity index is 2.40. The van der Waals surface area contributed by atoms with Crippen LogP contribution >= 0.6 is 0 Å². The minimum absolute atomic E-state index is 0.324. The van der Waals surface area contributed by atoms with Gasteiger partial charge in [0.05, 0.1) is 0 Å². The maximum absolute atomic E-state index is 13.6. The van der Waals surface area contributed by atoms with Gasteiger partial charge in [-0.05, 0) is 5.56 Å². The van der Waals surface area contributed by atoms with E-state index in [0.29, 0.717) is 0 Å². The third-order valence-electron chi connectivity index (χ3n) is 2.71. The first kappa shape index (κ1) is 13.4. The highest BCUT2D eigenvalue weighted by Gasteiger charge is 2.57. The van der Waals surface area contributed by atoms with Gasteiger partial charge in [0.1, 0.15) is 6.04 Å². The van der Waals surface area contributed by atoms with Gasteiger partial charge in [-0.1, -0.05) is 24.3 Å². The van der Waals surface area contributed by atoms with Crippen LogP contribution in [0.2, 0.25) is 0 Å². The molecule has 1 aromatic carbocycles. The van der Waals surface area contributed by atoms with Crippen molar-refractivity contribution >= 4 is 11.7 Å². The van der Waals surface area contributed by atoms with E-state index in [1.807, 2.05) is 0 Å². The van der Waals surface area contributed by atoms with Crippen LogP contribution in [-0.2, 0) is 4.79 Å². The van der Waals surface area contributed by atoms with Crippen LogP contribution in [0, 0.1) is 0 Å². The lowest BCUT2D eigenvalue weighted by Gasteiger charge is -2.20. The molecule has 1 amide bonds. The van der Waals surface area contributed by atoms with E-state index in [0.717, 1.165) is 17.4 Å². The van der Waals surface area contributed by atoms with Crippen LogP contribution in [0.3, 0.4) is 0 Å². The summed E-state index contributed by atoms with van der Waals surface area (Å²) in [6.07, 6.45) is -5.29. The third-order valence-corrected chi connectivity index (χ3v) is 2.71. The van der Waals surface area contributed by atoms with E-state index in [1.165, 1.54) is 12.1 Å². The molecule has 102 valence electrons. The minimum atomic E-state index is -5.29. The first-order valence-electron chi connectivity index (χ1n) is 5.05. The van der Waals surface area contributed by atoms with E-state index in [2.05, 4.69) is 0 Å². The Morgan fingerprint density at radius 1 is 1.21 bits per heavy atom. The van der Waals surface area contributed by atoms with Gasteiger partial charge >= 0.3 is 18.0 Å². The number of nitrogens with one attached hydrogen (secondary N) is 1. The van der Waals surface area contributed by atoms with Crippen molar-refractivity contribution < 1.29 is 31.5 Å². The molecule has 0 bridgehead atoms. The molecule has 0 heterocycles. The lowest BCUT2D eigenvalue weighted by molar-refractivity contribution is -0.176. The fourth-order valence-electron chi connectivity index (χ4n) is 1.84. The van der Waals surface area contributed by atoms with Gasteiger partial charge in [-0.2, -0.15) is 22.0 Å². The van der Waals surface area contributed by atoms with Crippen molar-refractivity contribution in [3.05, 3.63) is 35.4 Å². The maximum Gasteiger partial charge on any atom is 0.471 e. The molecular formula is C11H6F5NO2. The molecular weight excluding hydrogens is 273 g/mol. The van der Waals surface area contributed by atoms with Crippen LogP contribution in [0.5, 0.6) is 0 Å². The lowest BCUT2D eigenvalue weighted by Crippen LogP contribution is -2.45. The molecule has 1 aromatic rings. The zero-order chi connectivity index (χ0) is 14.4. The molecule has 3 nitrogen and oxygen atoms in total. The highest BCUT2D eigenvalue weighted by atomic mass is 19.4. The van der Waals surface area contributed by atoms with Crippen molar-refractivity contribution in [2.24, 2.45) is 0 Å². The van der Waals surface area contributed by atoms with E-state index in [1.54, 1.807) is 0 Å². The molecule has 1 aliphatic carbocycles. The van der Waals surface area contributed by atoms with E-state index in [4.69, 9.17) is 0 Å². The number of ketones is 1. The number of halogens is 5. The molecule has 0 aromatic heterocycles. The first-order valence-corrected chi connectivity index (χ1v) is 5.05. The van der Waals surface area contributed by atoms with E-state index >= 15 is 0 Å². The summed E-state index contributed by atoms with van der Waals surface area (Å²) >= 11 is 0. The first-order chi connectivity index (χ1) is 8.65. The molecule has 0 aliphatic heterocycles. The van der Waals surface area contributed by atoms with Crippen LogP contribution in [0.4, 0.5) is 22.0 Å². The highest BCUT2D eigenvalue weighted by Crippen LogP contribution is 2.43. The predicted molar refractivity (Wildman–Crippen MR) is 52.7 cm³/mol. The second-order valence-electron chi connectivity index (χ2n) is 3.94. The van der Waals surface area contributed by atoms with Crippen LogP contribution in [-0.4, -0.2) is 23.8 Å². The van der Waals surface area contributed by atoms with Crippen LogP contribution in [0.25, 0.3) is 0 Å². The molecule has 1 aliphatic rings. The number of hydrogen-bond acceptors (Lipinski definition) is 2. The Bertz CT molecular complexity index is 552. The van der Waals surface area contributed by atoms with Crippen molar-refractivity contribution in [3.8, 4) is 0 Å². The molecule has 1 atom stereocenters. The second-order valence-corrected chi connectivity index (χ2v) is 3.94. The second kappa shape index (κ2) is 4.01. The number of hydrogen-bond donors (Lipinski definition) is 1. The van der Waals surface area contributed by atoms with Gasteiger partial charge in [0, 0.05) is 5.56 Å². The van der Waals surface area contributed by atoms with Crippen LogP contribution < -0.4 is 5.32 Å². The van der Waals surface area contributed by atoms with Gasteiger partial charge in [0.2, 0.25) is 5.78 Å². The Kier molecular flexibility index (Phi) is 2.83. The molecule has 2 rings (SSSR count). The molecule has 8 heteroatoms. The summed E-state index contributed by atoms with van der Waals surface area (Å²) in [5.74, 6) is -8.21. The lowest BCUT2D eigenvalue weighted by atomic mass is 10.1. The molecule has 0 spiro atoms. The summed E-state index contributed by atoms with van der Waals surface area (Å²) in [7, 11) is 0. The topological polar surface area (TPSA) is 46.2 Å². The number of rotatable bonds is 1. The van der Waals surface area contributed by atoms with Gasteiger partial charge < -0.3 is 5.32 Å². The number of benzene rings is 1. The van der Waals surface area contributed by atoms with Gasteiger partial charge in [-0.25, -0.2) is 0 Å². The summed E-state index contributed by atoms with van der Waals surface area (Å²) in [5, 5.41) is 1.16. The van der Waals surface area contributed by atoms with Crippen molar-refractivity contribution in [2.45, 2.75) is 18.1 Å². The molecule has 0 radical (unpaired) electrons. The van der Waals surface area contributed by atoms with Gasteiger partial charge in [-0.15, -0.1) is 0 Å². The number of fused-ring (bicyclic) bond motifs is 1. The van der Waals surface area contributed by atoms with Crippen molar-refractivity contribution in [3.63, 3.8) is 0 Å². The average Bonchev–Trinajstić information content (AvgIpc) is 2.50. The van der Waals surface area contributed by atoms with Crippen molar-refractivity contribution in [1.82, 2.24) is 5.32 Å². The number of Topliss-reactive ketones (excluding diaryl/α,β-unsaturated/α-hetero) is 1. The Morgan fingerprint density at radius 3 is 2.37 bits per heavy atom. The quantitative estimate of drug-likeness (QED) is 0.801. The Morgan fingerprint density at radius 2 is 1.79 bits per heavy atom.